The number of carbonyl (C=O) groups is 2. The lowest BCUT2D eigenvalue weighted by molar-refractivity contribution is 0.0497. The lowest BCUT2D eigenvalue weighted by atomic mass is 9.98. The van der Waals surface area contributed by atoms with E-state index in [0.29, 0.717) is 34.6 Å². The molecule has 1 heterocycles. The first-order valence-corrected chi connectivity index (χ1v) is 19.8. The van der Waals surface area contributed by atoms with Crippen LogP contribution < -0.4 is 14.9 Å². The van der Waals surface area contributed by atoms with Crippen LogP contribution >= 0.6 is 11.6 Å². The van der Waals surface area contributed by atoms with E-state index in [4.69, 9.17) is 25.8 Å². The minimum absolute atomic E-state index is 0.0258. The first-order chi connectivity index (χ1) is 26.1. The molecule has 54 heavy (non-hydrogen) atoms. The molecule has 0 aliphatic heterocycles. The minimum Gasteiger partial charge on any atom is -0.496 e. The number of nitrogens with zero attached hydrogens (tertiary/aromatic N) is 1. The normalized spacial score (nSPS) is 11.9. The van der Waals surface area contributed by atoms with Crippen molar-refractivity contribution in [1.29, 1.82) is 0 Å². The molecule has 0 amide bonds. The lowest BCUT2D eigenvalue weighted by Gasteiger charge is -2.25. The molecule has 1 N–H and O–H groups in total. The van der Waals surface area contributed by atoms with Crippen LogP contribution in [0, 0.1) is 11.7 Å². The zero-order chi connectivity index (χ0) is 39.0. The molecule has 3 aromatic carbocycles. The van der Waals surface area contributed by atoms with Gasteiger partial charge in [0.2, 0.25) is 5.43 Å². The lowest BCUT2D eigenvalue weighted by Crippen LogP contribution is -2.27. The number of ether oxygens (including phenoxy) is 3. The van der Waals surface area contributed by atoms with Crippen molar-refractivity contribution < 1.29 is 33.3 Å². The zero-order valence-corrected chi connectivity index (χ0v) is 32.9. The first kappa shape index (κ1) is 42.5. The van der Waals surface area contributed by atoms with Crippen molar-refractivity contribution in [1.82, 2.24) is 4.57 Å². The standard InChI is InChI=1S/C44H55ClFNO7/c1-5-6-7-8-9-10-11-12-13-14-15-16-24-53-43(50)31-20-22-34(23-21-31)54-44(51)36-28-47(39(29-48)30(2)3)38-27-40(52-4)33(26-35(38)42(36)49)25-32-18-17-19-37(45)41(32)46/h17-23,26-28,30,39,48H,5-16,24-25,29H2,1-4H3/t39-/m0/s1. The number of methoxy groups -OCH3 is 1. The number of aromatic nitrogens is 1. The molecule has 4 rings (SSSR count). The number of aliphatic hydroxyl groups is 1. The van der Waals surface area contributed by atoms with Crippen molar-refractivity contribution in [3.05, 3.63) is 104 Å². The van der Waals surface area contributed by atoms with E-state index in [-0.39, 0.29) is 40.7 Å². The molecule has 292 valence electrons. The van der Waals surface area contributed by atoms with Crippen LogP contribution in [-0.2, 0) is 11.2 Å². The Hall–Kier alpha value is -4.21. The van der Waals surface area contributed by atoms with E-state index in [1.165, 1.54) is 101 Å². The van der Waals surface area contributed by atoms with Gasteiger partial charge < -0.3 is 23.9 Å². The summed E-state index contributed by atoms with van der Waals surface area (Å²) in [5.41, 5.74) is 0.720. The summed E-state index contributed by atoms with van der Waals surface area (Å²) < 4.78 is 33.3. The Morgan fingerprint density at radius 1 is 0.852 bits per heavy atom. The van der Waals surface area contributed by atoms with Crippen molar-refractivity contribution in [2.24, 2.45) is 5.92 Å². The Kier molecular flexibility index (Phi) is 17.0. The smallest absolute Gasteiger partial charge is 0.349 e. The maximum Gasteiger partial charge on any atom is 0.349 e. The predicted molar refractivity (Wildman–Crippen MR) is 213 cm³/mol. The van der Waals surface area contributed by atoms with E-state index in [1.54, 1.807) is 28.8 Å². The molecule has 0 radical (unpaired) electrons. The van der Waals surface area contributed by atoms with Crippen molar-refractivity contribution >= 4 is 34.4 Å². The van der Waals surface area contributed by atoms with Gasteiger partial charge in [0.25, 0.3) is 0 Å². The zero-order valence-electron chi connectivity index (χ0n) is 32.1. The summed E-state index contributed by atoms with van der Waals surface area (Å²) in [6.45, 7) is 6.15. The highest BCUT2D eigenvalue weighted by atomic mass is 35.5. The van der Waals surface area contributed by atoms with Gasteiger partial charge in [-0.3, -0.25) is 4.79 Å². The topological polar surface area (TPSA) is 104 Å². The Labute approximate surface area is 323 Å². The third kappa shape index (κ3) is 11.6. The number of aliphatic hydroxyl groups excluding tert-OH is 1. The van der Waals surface area contributed by atoms with Gasteiger partial charge >= 0.3 is 11.9 Å². The molecule has 0 unspecified atom stereocenters. The van der Waals surface area contributed by atoms with E-state index in [0.717, 1.165) is 19.3 Å². The quantitative estimate of drug-likeness (QED) is 0.0483. The molecule has 0 aliphatic rings. The van der Waals surface area contributed by atoms with Gasteiger partial charge in [-0.15, -0.1) is 0 Å². The van der Waals surface area contributed by atoms with Gasteiger partial charge in [0, 0.05) is 24.1 Å². The fraction of sp³-hybridized carbons (Fsp3) is 0.477. The molecule has 8 nitrogen and oxygen atoms in total. The number of unbranched alkanes of at least 4 members (excludes halogenated alkanes) is 11. The van der Waals surface area contributed by atoms with Gasteiger partial charge in [-0.2, -0.15) is 0 Å². The van der Waals surface area contributed by atoms with E-state index in [9.17, 15) is 23.9 Å². The number of hydrogen-bond donors (Lipinski definition) is 1. The number of hydrogen-bond acceptors (Lipinski definition) is 7. The van der Waals surface area contributed by atoms with Crippen molar-refractivity contribution in [2.45, 2.75) is 110 Å². The highest BCUT2D eigenvalue weighted by molar-refractivity contribution is 6.30. The molecule has 4 aromatic rings. The number of fused-ring (bicyclic) bond motifs is 1. The number of carbonyl (C=O) groups excluding carboxylic acids is 2. The first-order valence-electron chi connectivity index (χ1n) is 19.4. The fourth-order valence-electron chi connectivity index (χ4n) is 6.69. The van der Waals surface area contributed by atoms with Gasteiger partial charge in [0.1, 0.15) is 22.9 Å². The average Bonchev–Trinajstić information content (AvgIpc) is 3.16. The molecule has 0 saturated carbocycles. The Morgan fingerprint density at radius 3 is 2.07 bits per heavy atom. The van der Waals surface area contributed by atoms with Crippen LogP contribution in [0.5, 0.6) is 11.5 Å². The van der Waals surface area contributed by atoms with Crippen LogP contribution in [0.4, 0.5) is 4.39 Å². The summed E-state index contributed by atoms with van der Waals surface area (Å²) in [4.78, 5) is 40.2. The van der Waals surface area contributed by atoms with Gasteiger partial charge in [-0.1, -0.05) is 115 Å². The van der Waals surface area contributed by atoms with Crippen LogP contribution in [0.3, 0.4) is 0 Å². The minimum atomic E-state index is -0.906. The Balaban J connectivity index is 1.42. The third-order valence-electron chi connectivity index (χ3n) is 9.91. The van der Waals surface area contributed by atoms with Crippen molar-refractivity contribution in [3.8, 4) is 11.5 Å². The fourth-order valence-corrected chi connectivity index (χ4v) is 6.89. The molecule has 0 saturated heterocycles. The number of esters is 2. The second-order valence-corrected chi connectivity index (χ2v) is 14.7. The highest BCUT2D eigenvalue weighted by Gasteiger charge is 2.24. The molecule has 10 heteroatoms. The summed E-state index contributed by atoms with van der Waals surface area (Å²) >= 11 is 6.03. The SMILES string of the molecule is CCCCCCCCCCCCCCOC(=O)c1ccc(OC(=O)c2cn([C@@H](CO)C(C)C)c3cc(OC)c(Cc4cccc(Cl)c4F)cc3c2=O)cc1. The Bertz CT molecular complexity index is 1890. The van der Waals surface area contributed by atoms with Gasteiger partial charge in [0.05, 0.1) is 42.5 Å². The van der Waals surface area contributed by atoms with Crippen molar-refractivity contribution in [3.63, 3.8) is 0 Å². The summed E-state index contributed by atoms with van der Waals surface area (Å²) in [7, 11) is 1.48. The van der Waals surface area contributed by atoms with E-state index < -0.39 is 29.2 Å². The van der Waals surface area contributed by atoms with Gasteiger partial charge in [-0.05, 0) is 59.9 Å². The highest BCUT2D eigenvalue weighted by Crippen LogP contribution is 2.32. The van der Waals surface area contributed by atoms with E-state index >= 15 is 0 Å². The van der Waals surface area contributed by atoms with E-state index in [1.807, 2.05) is 13.8 Å². The second kappa shape index (κ2) is 21.6. The summed E-state index contributed by atoms with van der Waals surface area (Å²) in [6, 6.07) is 13.4. The largest absolute Gasteiger partial charge is 0.496 e. The van der Waals surface area contributed by atoms with E-state index in [2.05, 4.69) is 6.92 Å². The monoisotopic (exact) mass is 763 g/mol. The maximum atomic E-state index is 14.9. The predicted octanol–water partition coefficient (Wildman–Crippen LogP) is 10.7. The molecule has 0 bridgehead atoms. The number of benzene rings is 3. The van der Waals surface area contributed by atoms with Gasteiger partial charge in [-0.25, -0.2) is 14.0 Å². The van der Waals surface area contributed by atoms with Gasteiger partial charge in [0.15, 0.2) is 0 Å². The molecule has 0 spiro atoms. The summed E-state index contributed by atoms with van der Waals surface area (Å²) in [6.07, 6.45) is 16.1. The molecule has 0 fully saturated rings. The molecule has 0 aliphatic carbocycles. The Morgan fingerprint density at radius 2 is 1.48 bits per heavy atom. The second-order valence-electron chi connectivity index (χ2n) is 14.3. The number of pyridine rings is 1. The third-order valence-corrected chi connectivity index (χ3v) is 10.2. The van der Waals surface area contributed by atoms with Crippen LogP contribution in [0.2, 0.25) is 5.02 Å². The maximum absolute atomic E-state index is 14.9. The van der Waals surface area contributed by atoms with Crippen molar-refractivity contribution in [2.75, 3.05) is 20.3 Å². The molecular formula is C44H55ClFNO7. The van der Waals surface area contributed by atoms with Crippen LogP contribution in [-0.4, -0.2) is 41.9 Å². The summed E-state index contributed by atoms with van der Waals surface area (Å²) in [5, 5.41) is 10.5. The average molecular weight is 764 g/mol. The number of rotatable bonds is 22. The molecule has 1 atom stereocenters. The summed E-state index contributed by atoms with van der Waals surface area (Å²) in [5.74, 6) is -1.48. The van der Waals surface area contributed by atoms with Crippen LogP contribution in [0.15, 0.2) is 65.6 Å². The number of halogens is 2. The molecular weight excluding hydrogens is 709 g/mol. The van der Waals surface area contributed by atoms with Crippen LogP contribution in [0.25, 0.3) is 10.9 Å². The molecule has 1 aromatic heterocycles. The van der Waals surface area contributed by atoms with Crippen LogP contribution in [0.1, 0.15) is 136 Å².